The van der Waals surface area contributed by atoms with Gasteiger partial charge in [0.05, 0.1) is 12.1 Å². The molecule has 0 unspecified atom stereocenters. The number of thiazole rings is 1. The van der Waals surface area contributed by atoms with Crippen LogP contribution in [0.4, 0.5) is 4.39 Å². The lowest BCUT2D eigenvalue weighted by Gasteiger charge is -1.95. The normalized spacial score (nSPS) is 10.4. The first-order valence-electron chi connectivity index (χ1n) is 3.92. The molecule has 2 nitrogen and oxygen atoms in total. The zero-order chi connectivity index (χ0) is 9.97. The molecule has 72 valence electrons. The number of pyridine rings is 1. The fourth-order valence-electron chi connectivity index (χ4n) is 1.04. The summed E-state index contributed by atoms with van der Waals surface area (Å²) in [4.78, 5) is 8.69. The standard InChI is InChI=1S/C9H6ClFN2S/c10-3-6-4-13-9(14-6)7-1-2-12-5-8(7)11/h1-2,4-5H,3H2. The first kappa shape index (κ1) is 9.55. The molecule has 0 spiro atoms. The number of aromatic nitrogens is 2. The zero-order valence-corrected chi connectivity index (χ0v) is 8.65. The Kier molecular flexibility index (Phi) is 2.74. The molecule has 0 bridgehead atoms. The highest BCUT2D eigenvalue weighted by Gasteiger charge is 2.08. The fraction of sp³-hybridized carbons (Fsp3) is 0.111. The zero-order valence-electron chi connectivity index (χ0n) is 7.08. The summed E-state index contributed by atoms with van der Waals surface area (Å²) >= 11 is 7.02. The van der Waals surface area contributed by atoms with Crippen molar-refractivity contribution in [3.8, 4) is 10.6 Å². The Hall–Kier alpha value is -1.000. The molecule has 2 aromatic rings. The van der Waals surface area contributed by atoms with Crippen molar-refractivity contribution in [1.82, 2.24) is 9.97 Å². The van der Waals surface area contributed by atoms with Gasteiger partial charge in [0.15, 0.2) is 5.82 Å². The lowest BCUT2D eigenvalue weighted by molar-refractivity contribution is 0.625. The summed E-state index contributed by atoms with van der Waals surface area (Å²) in [7, 11) is 0. The van der Waals surface area contributed by atoms with Crippen molar-refractivity contribution in [1.29, 1.82) is 0 Å². The van der Waals surface area contributed by atoms with Gasteiger partial charge in [-0.25, -0.2) is 9.37 Å². The van der Waals surface area contributed by atoms with Crippen LogP contribution in [-0.4, -0.2) is 9.97 Å². The number of nitrogens with zero attached hydrogens (tertiary/aromatic N) is 2. The van der Waals surface area contributed by atoms with Crippen molar-refractivity contribution in [3.05, 3.63) is 35.4 Å². The van der Waals surface area contributed by atoms with Gasteiger partial charge in [-0.05, 0) is 6.07 Å². The van der Waals surface area contributed by atoms with E-state index in [0.29, 0.717) is 16.5 Å². The minimum absolute atomic E-state index is 0.358. The summed E-state index contributed by atoms with van der Waals surface area (Å²) in [5, 5.41) is 0.639. The Morgan fingerprint density at radius 3 is 2.93 bits per heavy atom. The smallest absolute Gasteiger partial charge is 0.151 e. The molecule has 14 heavy (non-hydrogen) atoms. The van der Waals surface area contributed by atoms with E-state index < -0.39 is 0 Å². The maximum atomic E-state index is 13.3. The number of hydrogen-bond donors (Lipinski definition) is 0. The predicted molar refractivity (Wildman–Crippen MR) is 54.9 cm³/mol. The Labute approximate surface area is 89.4 Å². The molecule has 2 heterocycles. The highest BCUT2D eigenvalue weighted by atomic mass is 35.5. The minimum Gasteiger partial charge on any atom is -0.262 e. The first-order valence-corrected chi connectivity index (χ1v) is 5.27. The van der Waals surface area contributed by atoms with Crippen molar-refractivity contribution < 1.29 is 4.39 Å². The molecule has 0 atom stereocenters. The molecule has 0 saturated heterocycles. The van der Waals surface area contributed by atoms with Gasteiger partial charge in [0.2, 0.25) is 0 Å². The third-order valence-electron chi connectivity index (χ3n) is 1.69. The SMILES string of the molecule is Fc1cnccc1-c1ncc(CCl)s1. The average molecular weight is 229 g/mol. The molecule has 0 aromatic carbocycles. The van der Waals surface area contributed by atoms with Gasteiger partial charge < -0.3 is 0 Å². The number of alkyl halides is 1. The summed E-state index contributed by atoms with van der Waals surface area (Å²) in [6, 6.07) is 1.60. The molecular formula is C9H6ClFN2S. The average Bonchev–Trinajstić information content (AvgIpc) is 2.67. The van der Waals surface area contributed by atoms with Gasteiger partial charge in [0.1, 0.15) is 5.01 Å². The lowest BCUT2D eigenvalue weighted by Crippen LogP contribution is -1.83. The van der Waals surface area contributed by atoms with Gasteiger partial charge in [-0.15, -0.1) is 22.9 Å². The van der Waals surface area contributed by atoms with Crippen molar-refractivity contribution in [2.45, 2.75) is 5.88 Å². The molecule has 0 saturated carbocycles. The van der Waals surface area contributed by atoms with E-state index in [4.69, 9.17) is 11.6 Å². The van der Waals surface area contributed by atoms with E-state index >= 15 is 0 Å². The molecule has 0 aliphatic heterocycles. The van der Waals surface area contributed by atoms with Crippen LogP contribution in [0, 0.1) is 5.82 Å². The quantitative estimate of drug-likeness (QED) is 0.739. The van der Waals surface area contributed by atoms with Crippen molar-refractivity contribution >= 4 is 22.9 Å². The van der Waals surface area contributed by atoms with Gasteiger partial charge in [-0.3, -0.25) is 4.98 Å². The van der Waals surface area contributed by atoms with Gasteiger partial charge in [0, 0.05) is 22.8 Å². The first-order chi connectivity index (χ1) is 6.81. The van der Waals surface area contributed by atoms with Crippen LogP contribution in [-0.2, 0) is 5.88 Å². The second-order valence-corrected chi connectivity index (χ2v) is 4.00. The van der Waals surface area contributed by atoms with Gasteiger partial charge in [0.25, 0.3) is 0 Å². The van der Waals surface area contributed by atoms with Crippen LogP contribution in [0.15, 0.2) is 24.7 Å². The van der Waals surface area contributed by atoms with E-state index in [-0.39, 0.29) is 5.82 Å². The fourth-order valence-corrected chi connectivity index (χ4v) is 2.06. The number of hydrogen-bond acceptors (Lipinski definition) is 3. The van der Waals surface area contributed by atoms with E-state index in [1.54, 1.807) is 18.5 Å². The maximum absolute atomic E-state index is 13.3. The third kappa shape index (κ3) is 1.76. The Bertz CT molecular complexity index is 444. The number of halogens is 2. The van der Waals surface area contributed by atoms with E-state index in [1.165, 1.54) is 17.5 Å². The van der Waals surface area contributed by atoms with Crippen molar-refractivity contribution in [3.63, 3.8) is 0 Å². The molecule has 0 N–H and O–H groups in total. The second-order valence-electron chi connectivity index (χ2n) is 2.62. The maximum Gasteiger partial charge on any atom is 0.151 e. The van der Waals surface area contributed by atoms with E-state index in [1.807, 2.05) is 0 Å². The molecular weight excluding hydrogens is 223 g/mol. The van der Waals surface area contributed by atoms with Crippen LogP contribution in [0.3, 0.4) is 0 Å². The molecule has 0 aliphatic carbocycles. The molecule has 0 amide bonds. The summed E-state index contributed by atoms with van der Waals surface area (Å²) in [5.74, 6) is 0.0488. The molecule has 0 radical (unpaired) electrons. The molecule has 0 fully saturated rings. The topological polar surface area (TPSA) is 25.8 Å². The van der Waals surface area contributed by atoms with Gasteiger partial charge in [-0.2, -0.15) is 0 Å². The van der Waals surface area contributed by atoms with Gasteiger partial charge >= 0.3 is 0 Å². The second kappa shape index (κ2) is 4.02. The highest BCUT2D eigenvalue weighted by Crippen LogP contribution is 2.27. The Morgan fingerprint density at radius 1 is 1.43 bits per heavy atom. The van der Waals surface area contributed by atoms with E-state index in [2.05, 4.69) is 9.97 Å². The third-order valence-corrected chi connectivity index (χ3v) is 3.17. The monoisotopic (exact) mass is 228 g/mol. The van der Waals surface area contributed by atoms with Crippen LogP contribution in [0.2, 0.25) is 0 Å². The van der Waals surface area contributed by atoms with E-state index in [9.17, 15) is 4.39 Å². The van der Waals surface area contributed by atoms with Crippen LogP contribution in [0.25, 0.3) is 10.6 Å². The van der Waals surface area contributed by atoms with Crippen LogP contribution >= 0.6 is 22.9 Å². The Balaban J connectivity index is 2.44. The highest BCUT2D eigenvalue weighted by molar-refractivity contribution is 7.15. The van der Waals surface area contributed by atoms with Crippen molar-refractivity contribution in [2.75, 3.05) is 0 Å². The molecule has 2 rings (SSSR count). The Morgan fingerprint density at radius 2 is 2.29 bits per heavy atom. The van der Waals surface area contributed by atoms with Crippen LogP contribution < -0.4 is 0 Å². The number of rotatable bonds is 2. The van der Waals surface area contributed by atoms with E-state index in [0.717, 1.165) is 4.88 Å². The lowest BCUT2D eigenvalue weighted by atomic mass is 10.3. The molecule has 2 aromatic heterocycles. The molecule has 0 aliphatic rings. The summed E-state index contributed by atoms with van der Waals surface area (Å²) in [5.41, 5.74) is 0.473. The van der Waals surface area contributed by atoms with Crippen molar-refractivity contribution in [2.24, 2.45) is 0 Å². The van der Waals surface area contributed by atoms with Crippen LogP contribution in [0.1, 0.15) is 4.88 Å². The molecule has 5 heteroatoms. The summed E-state index contributed by atoms with van der Waals surface area (Å²) in [6.07, 6.45) is 4.38. The predicted octanol–water partition coefficient (Wildman–Crippen LogP) is 3.08. The largest absolute Gasteiger partial charge is 0.262 e. The van der Waals surface area contributed by atoms with Gasteiger partial charge in [-0.1, -0.05) is 0 Å². The summed E-state index contributed by atoms with van der Waals surface area (Å²) in [6.45, 7) is 0. The minimum atomic E-state index is -0.358. The summed E-state index contributed by atoms with van der Waals surface area (Å²) < 4.78 is 13.3. The van der Waals surface area contributed by atoms with Crippen LogP contribution in [0.5, 0.6) is 0 Å².